The molecule has 1 aromatic rings. The van der Waals surface area contributed by atoms with Crippen molar-refractivity contribution in [3.8, 4) is 0 Å². The third kappa shape index (κ3) is 1.88. The van der Waals surface area contributed by atoms with Crippen LogP contribution >= 0.6 is 27.7 Å². The number of carbonyl (C=O) groups excluding carboxylic acids is 1. The maximum absolute atomic E-state index is 13.3. The summed E-state index contributed by atoms with van der Waals surface area (Å²) in [6, 6.07) is 3.09. The summed E-state index contributed by atoms with van der Waals surface area (Å²) in [7, 11) is 0. The van der Waals surface area contributed by atoms with E-state index in [0.29, 0.717) is 21.8 Å². The molecule has 0 N–H and O–H groups in total. The molecule has 0 aliphatic carbocycles. The lowest BCUT2D eigenvalue weighted by Crippen LogP contribution is -2.11. The number of fused-ring (bicyclic) bond motifs is 1. The number of carbonyl (C=O) groups is 1. The number of ketones is 1. The Morgan fingerprint density at radius 2 is 2.27 bits per heavy atom. The van der Waals surface area contributed by atoms with Crippen LogP contribution < -0.4 is 0 Å². The van der Waals surface area contributed by atoms with Crippen LogP contribution in [0.4, 0.5) is 4.39 Å². The highest BCUT2D eigenvalue weighted by atomic mass is 79.9. The van der Waals surface area contributed by atoms with Crippen LogP contribution in [0.15, 0.2) is 22.0 Å². The molecule has 1 aliphatic rings. The second-order valence-corrected chi connectivity index (χ2v) is 4.82. The van der Waals surface area contributed by atoms with Crippen molar-refractivity contribution in [2.45, 2.75) is 12.7 Å². The maximum Gasteiger partial charge on any atom is 0.200 e. The average Bonchev–Trinajstić information content (AvgIpc) is 2.22. The fraction of sp³-hybridized carbons (Fsp3) is 0.182. The minimum atomic E-state index is -0.242. The van der Waals surface area contributed by atoms with Crippen molar-refractivity contribution in [1.82, 2.24) is 0 Å². The number of rotatable bonds is 0. The molecule has 0 saturated heterocycles. The average molecular weight is 287 g/mol. The van der Waals surface area contributed by atoms with Crippen molar-refractivity contribution in [2.75, 3.05) is 0 Å². The molecule has 0 spiro atoms. The van der Waals surface area contributed by atoms with Crippen molar-refractivity contribution < 1.29 is 9.18 Å². The minimum absolute atomic E-state index is 0.0266. The Bertz CT molecular complexity index is 468. The normalized spacial score (nSPS) is 18.1. The summed E-state index contributed by atoms with van der Waals surface area (Å²) in [5.74, 6) is 0.380. The van der Waals surface area contributed by atoms with Crippen LogP contribution in [0.1, 0.15) is 21.5 Å². The van der Waals surface area contributed by atoms with Crippen LogP contribution in [-0.2, 0) is 5.75 Å². The van der Waals surface area contributed by atoms with Gasteiger partial charge in [-0.1, -0.05) is 15.9 Å². The first-order chi connectivity index (χ1) is 7.13. The zero-order valence-corrected chi connectivity index (χ0v) is 10.4. The predicted molar refractivity (Wildman–Crippen MR) is 63.8 cm³/mol. The fourth-order valence-corrected chi connectivity index (χ4v) is 2.95. The summed E-state index contributed by atoms with van der Waals surface area (Å²) in [4.78, 5) is 14.2. The number of thioether (sulfide) groups is 1. The van der Waals surface area contributed by atoms with E-state index in [0.717, 1.165) is 5.56 Å². The molecule has 15 heavy (non-hydrogen) atoms. The van der Waals surface area contributed by atoms with Gasteiger partial charge < -0.3 is 0 Å². The third-order valence-corrected chi connectivity index (χ3v) is 4.17. The van der Waals surface area contributed by atoms with Gasteiger partial charge in [0.1, 0.15) is 5.82 Å². The summed E-state index contributed by atoms with van der Waals surface area (Å²) in [6.07, 6.45) is 0. The van der Waals surface area contributed by atoms with Crippen LogP contribution in [-0.4, -0.2) is 5.78 Å². The third-order valence-electron chi connectivity index (χ3n) is 2.34. The topological polar surface area (TPSA) is 17.1 Å². The Morgan fingerprint density at radius 3 is 2.93 bits per heavy atom. The molecule has 0 bridgehead atoms. The van der Waals surface area contributed by atoms with Gasteiger partial charge in [0, 0.05) is 11.3 Å². The molecule has 1 nitrogen and oxygen atoms in total. The second kappa shape index (κ2) is 4.10. The molecule has 4 heteroatoms. The highest BCUT2D eigenvalue weighted by molar-refractivity contribution is 9.11. The summed E-state index contributed by atoms with van der Waals surface area (Å²) in [5.41, 5.74) is 1.92. The Balaban J connectivity index is 2.57. The molecule has 0 unspecified atom stereocenters. The summed E-state index contributed by atoms with van der Waals surface area (Å²) >= 11 is 4.58. The molecule has 1 heterocycles. The Labute approximate surface area is 99.9 Å². The summed E-state index contributed by atoms with van der Waals surface area (Å²) < 4.78 is 13.3. The molecular formula is C11H8BrFOS. The number of hydrogen-bond donors (Lipinski definition) is 0. The van der Waals surface area contributed by atoms with Gasteiger partial charge in [-0.2, -0.15) is 0 Å². The van der Waals surface area contributed by atoms with E-state index in [1.54, 1.807) is 18.0 Å². The minimum Gasteiger partial charge on any atom is -0.288 e. The lowest BCUT2D eigenvalue weighted by Gasteiger charge is -2.17. The summed E-state index contributed by atoms with van der Waals surface area (Å²) in [6.45, 7) is 1.67. The number of hydrogen-bond acceptors (Lipinski definition) is 2. The van der Waals surface area contributed by atoms with E-state index < -0.39 is 0 Å². The van der Waals surface area contributed by atoms with Gasteiger partial charge in [0.25, 0.3) is 0 Å². The van der Waals surface area contributed by atoms with E-state index in [1.807, 2.05) is 0 Å². The lowest BCUT2D eigenvalue weighted by molar-refractivity contribution is 0.104. The van der Waals surface area contributed by atoms with Crippen LogP contribution in [0.25, 0.3) is 0 Å². The van der Waals surface area contributed by atoms with Gasteiger partial charge in [-0.25, -0.2) is 4.39 Å². The van der Waals surface area contributed by atoms with E-state index in [-0.39, 0.29) is 11.6 Å². The number of benzene rings is 1. The van der Waals surface area contributed by atoms with Crippen molar-refractivity contribution in [1.29, 1.82) is 0 Å². The van der Waals surface area contributed by atoms with Gasteiger partial charge in [-0.3, -0.25) is 4.79 Å². The number of halogens is 2. The van der Waals surface area contributed by atoms with Crippen molar-refractivity contribution in [3.63, 3.8) is 0 Å². The molecular weight excluding hydrogens is 279 g/mol. The Morgan fingerprint density at radius 1 is 1.53 bits per heavy atom. The monoisotopic (exact) mass is 286 g/mol. The number of allylic oxidation sites excluding steroid dienone is 1. The highest BCUT2D eigenvalue weighted by Crippen LogP contribution is 2.34. The van der Waals surface area contributed by atoms with Crippen LogP contribution in [0.5, 0.6) is 0 Å². The Kier molecular flexibility index (Phi) is 2.98. The SMILES string of the molecule is Cc1cc2c(cc1F)CS/C(=C\Br)C2=O. The molecule has 1 aliphatic heterocycles. The molecule has 2 rings (SSSR count). The van der Waals surface area contributed by atoms with Gasteiger partial charge in [-0.15, -0.1) is 11.8 Å². The standard InChI is InChI=1S/C11H8BrFOS/c1-6-2-8-7(3-9(6)13)5-15-10(4-12)11(8)14/h2-4H,5H2,1H3/b10-4-. The van der Waals surface area contributed by atoms with Gasteiger partial charge in [0.15, 0.2) is 5.78 Å². The predicted octanol–water partition coefficient (Wildman–Crippen LogP) is 3.80. The van der Waals surface area contributed by atoms with Gasteiger partial charge >= 0.3 is 0 Å². The van der Waals surface area contributed by atoms with Crippen molar-refractivity contribution in [3.05, 3.63) is 44.5 Å². The van der Waals surface area contributed by atoms with Gasteiger partial charge in [-0.05, 0) is 35.2 Å². The largest absolute Gasteiger partial charge is 0.288 e. The zero-order chi connectivity index (χ0) is 11.0. The summed E-state index contributed by atoms with van der Waals surface area (Å²) in [5, 5.41) is 0. The number of Topliss-reactive ketones (excluding diaryl/α,β-unsaturated/α-hetero) is 1. The molecule has 0 amide bonds. The second-order valence-electron chi connectivity index (χ2n) is 3.35. The van der Waals surface area contributed by atoms with E-state index in [2.05, 4.69) is 15.9 Å². The number of aryl methyl sites for hydroxylation is 1. The lowest BCUT2D eigenvalue weighted by atomic mass is 10.0. The quantitative estimate of drug-likeness (QED) is 0.675. The van der Waals surface area contributed by atoms with Crippen LogP contribution in [0.3, 0.4) is 0 Å². The molecule has 0 aromatic heterocycles. The van der Waals surface area contributed by atoms with E-state index in [1.165, 1.54) is 17.8 Å². The van der Waals surface area contributed by atoms with Gasteiger partial charge in [0.2, 0.25) is 0 Å². The molecule has 78 valence electrons. The van der Waals surface area contributed by atoms with E-state index >= 15 is 0 Å². The first-order valence-electron chi connectivity index (χ1n) is 4.40. The first-order valence-corrected chi connectivity index (χ1v) is 6.30. The van der Waals surface area contributed by atoms with Crippen molar-refractivity contribution in [2.24, 2.45) is 0 Å². The fourth-order valence-electron chi connectivity index (χ4n) is 1.49. The van der Waals surface area contributed by atoms with Crippen LogP contribution in [0.2, 0.25) is 0 Å². The molecule has 0 radical (unpaired) electrons. The maximum atomic E-state index is 13.3. The molecule has 1 aromatic carbocycles. The Hall–Kier alpha value is -0.610. The van der Waals surface area contributed by atoms with Crippen molar-refractivity contribution >= 4 is 33.5 Å². The molecule has 0 saturated carbocycles. The smallest absolute Gasteiger partial charge is 0.200 e. The zero-order valence-electron chi connectivity index (χ0n) is 8.01. The van der Waals surface area contributed by atoms with Crippen LogP contribution in [0, 0.1) is 12.7 Å². The molecule has 0 atom stereocenters. The van der Waals surface area contributed by atoms with E-state index in [9.17, 15) is 9.18 Å². The molecule has 0 fully saturated rings. The highest BCUT2D eigenvalue weighted by Gasteiger charge is 2.23. The van der Waals surface area contributed by atoms with E-state index in [4.69, 9.17) is 0 Å². The van der Waals surface area contributed by atoms with Gasteiger partial charge in [0.05, 0.1) is 4.91 Å². The first kappa shape index (κ1) is 10.9.